The Morgan fingerprint density at radius 3 is 2.91 bits per heavy atom. The minimum Gasteiger partial charge on any atom is -0.469 e. The number of nitrogens with two attached hydrogens (primary N) is 1. The van der Waals surface area contributed by atoms with Crippen LogP contribution in [0, 0.1) is 0 Å². The third-order valence-electron chi connectivity index (χ3n) is 3.63. The number of aryl methyl sites for hydroxylation is 1. The van der Waals surface area contributed by atoms with Crippen molar-refractivity contribution in [1.29, 1.82) is 0 Å². The van der Waals surface area contributed by atoms with Gasteiger partial charge in [0.15, 0.2) is 0 Å². The highest BCUT2D eigenvalue weighted by Crippen LogP contribution is 2.30. The van der Waals surface area contributed by atoms with Crippen LogP contribution in [-0.4, -0.2) is 16.9 Å². The molecule has 1 unspecified atom stereocenters. The van der Waals surface area contributed by atoms with Gasteiger partial charge in [-0.05, 0) is 31.0 Å². The average Bonchev–Trinajstić information content (AvgIpc) is 2.97. The first kappa shape index (κ1) is 14.1. The summed E-state index contributed by atoms with van der Waals surface area (Å²) in [5.74, 6) is 0.328. The molecule has 0 bridgehead atoms. The smallest absolute Gasteiger partial charge is 0.319 e. The minimum atomic E-state index is -0.606. The van der Waals surface area contributed by atoms with Crippen LogP contribution >= 0.6 is 0 Å². The van der Waals surface area contributed by atoms with Crippen LogP contribution in [0.1, 0.15) is 40.7 Å². The summed E-state index contributed by atoms with van der Waals surface area (Å²) in [6.07, 6.45) is 5.79. The number of carbonyl (C=O) groups excluding carboxylic acids is 2. The van der Waals surface area contributed by atoms with Crippen LogP contribution in [0.15, 0.2) is 35.1 Å². The van der Waals surface area contributed by atoms with Gasteiger partial charge in [-0.1, -0.05) is 0 Å². The fourth-order valence-electron chi connectivity index (χ4n) is 2.58. The highest BCUT2D eigenvalue weighted by Gasteiger charge is 2.23. The zero-order valence-electron chi connectivity index (χ0n) is 11.8. The molecule has 7 nitrogen and oxygen atoms in total. The molecule has 0 radical (unpaired) electrons. The maximum atomic E-state index is 12.1. The van der Waals surface area contributed by atoms with Crippen LogP contribution in [-0.2, 0) is 6.42 Å². The second kappa shape index (κ2) is 5.88. The number of primary amides is 1. The largest absolute Gasteiger partial charge is 0.469 e. The molecule has 2 aromatic rings. The molecule has 2 aromatic heterocycles. The summed E-state index contributed by atoms with van der Waals surface area (Å²) in [4.78, 5) is 26.9. The van der Waals surface area contributed by atoms with E-state index in [2.05, 4.69) is 15.6 Å². The third kappa shape index (κ3) is 2.93. The second-order valence-electron chi connectivity index (χ2n) is 5.14. The van der Waals surface area contributed by atoms with Crippen LogP contribution in [0.5, 0.6) is 0 Å². The van der Waals surface area contributed by atoms with Crippen molar-refractivity contribution in [2.75, 3.05) is 5.32 Å². The van der Waals surface area contributed by atoms with Gasteiger partial charge in [-0.15, -0.1) is 0 Å². The van der Waals surface area contributed by atoms with Gasteiger partial charge in [0.05, 0.1) is 24.2 Å². The number of aromatic nitrogens is 1. The number of pyridine rings is 1. The number of furan rings is 1. The highest BCUT2D eigenvalue weighted by molar-refractivity contribution is 5.92. The predicted octanol–water partition coefficient (Wildman–Crippen LogP) is 1.97. The van der Waals surface area contributed by atoms with Crippen molar-refractivity contribution in [1.82, 2.24) is 10.3 Å². The Labute approximate surface area is 126 Å². The number of amides is 3. The van der Waals surface area contributed by atoms with E-state index in [0.717, 1.165) is 30.6 Å². The first-order chi connectivity index (χ1) is 10.6. The molecule has 0 saturated heterocycles. The molecular weight excluding hydrogens is 284 g/mol. The Kier molecular flexibility index (Phi) is 3.78. The Hall–Kier alpha value is -2.83. The Balaban J connectivity index is 1.63. The lowest BCUT2D eigenvalue weighted by atomic mass is 9.93. The molecule has 1 atom stereocenters. The average molecular weight is 300 g/mol. The van der Waals surface area contributed by atoms with E-state index in [9.17, 15) is 9.59 Å². The molecule has 2 heterocycles. The summed E-state index contributed by atoms with van der Waals surface area (Å²) >= 11 is 0. The van der Waals surface area contributed by atoms with Gasteiger partial charge in [0.1, 0.15) is 11.5 Å². The molecule has 0 fully saturated rings. The van der Waals surface area contributed by atoms with Gasteiger partial charge >= 0.3 is 6.03 Å². The lowest BCUT2D eigenvalue weighted by molar-refractivity contribution is 0.0995. The number of hydrogen-bond donors (Lipinski definition) is 3. The van der Waals surface area contributed by atoms with E-state index in [4.69, 9.17) is 10.2 Å². The molecule has 4 N–H and O–H groups in total. The first-order valence-electron chi connectivity index (χ1n) is 7.03. The molecule has 3 amide bonds. The molecule has 114 valence electrons. The summed E-state index contributed by atoms with van der Waals surface area (Å²) in [6.45, 7) is 0. The van der Waals surface area contributed by atoms with Gasteiger partial charge in [-0.3, -0.25) is 4.79 Å². The van der Waals surface area contributed by atoms with E-state index in [0.29, 0.717) is 5.69 Å². The van der Waals surface area contributed by atoms with Crippen molar-refractivity contribution in [2.24, 2.45) is 5.73 Å². The molecule has 3 rings (SSSR count). The molecule has 0 aromatic carbocycles. The van der Waals surface area contributed by atoms with Gasteiger partial charge in [-0.2, -0.15) is 0 Å². The number of fused-ring (bicyclic) bond motifs is 1. The van der Waals surface area contributed by atoms with Crippen LogP contribution in [0.3, 0.4) is 0 Å². The highest BCUT2D eigenvalue weighted by atomic mass is 16.3. The molecule has 7 heteroatoms. The number of nitrogens with zero attached hydrogens (tertiary/aromatic N) is 1. The quantitative estimate of drug-likeness (QED) is 0.804. The SMILES string of the molecule is NC(=O)c1ccc(NC(=O)NC2CCCc3occc32)cn1. The monoisotopic (exact) mass is 300 g/mol. The van der Waals surface area contributed by atoms with E-state index in [1.54, 1.807) is 12.3 Å². The normalized spacial score (nSPS) is 16.6. The predicted molar refractivity (Wildman–Crippen MR) is 79.3 cm³/mol. The summed E-state index contributed by atoms with van der Waals surface area (Å²) in [6, 6.07) is 4.56. The fraction of sp³-hybridized carbons (Fsp3) is 0.267. The summed E-state index contributed by atoms with van der Waals surface area (Å²) in [5.41, 5.74) is 6.79. The number of carbonyl (C=O) groups is 2. The minimum absolute atomic E-state index is 0.0552. The molecule has 0 spiro atoms. The topological polar surface area (TPSA) is 110 Å². The van der Waals surface area contributed by atoms with E-state index in [1.807, 2.05) is 6.07 Å². The molecule has 1 aliphatic rings. The fourth-order valence-corrected chi connectivity index (χ4v) is 2.58. The Morgan fingerprint density at radius 2 is 2.18 bits per heavy atom. The maximum absolute atomic E-state index is 12.1. The summed E-state index contributed by atoms with van der Waals surface area (Å²) < 4.78 is 5.40. The van der Waals surface area contributed by atoms with Crippen molar-refractivity contribution < 1.29 is 14.0 Å². The molecular formula is C15H16N4O3. The number of rotatable bonds is 3. The van der Waals surface area contributed by atoms with Crippen molar-refractivity contribution in [3.05, 3.63) is 47.7 Å². The summed E-state index contributed by atoms with van der Waals surface area (Å²) in [7, 11) is 0. The number of anilines is 1. The standard InChI is InChI=1S/C15H16N4O3/c16-14(20)12-5-4-9(8-17-12)18-15(21)19-11-2-1-3-13-10(11)6-7-22-13/h4-8,11H,1-3H2,(H2,16,20)(H2,18,19,21). The lowest BCUT2D eigenvalue weighted by Crippen LogP contribution is -2.34. The molecule has 0 saturated carbocycles. The first-order valence-corrected chi connectivity index (χ1v) is 7.03. The van der Waals surface area contributed by atoms with Crippen LogP contribution in [0.2, 0.25) is 0 Å². The second-order valence-corrected chi connectivity index (χ2v) is 5.14. The van der Waals surface area contributed by atoms with Gasteiger partial charge < -0.3 is 20.8 Å². The molecule has 0 aliphatic heterocycles. The Morgan fingerprint density at radius 1 is 1.32 bits per heavy atom. The number of nitrogens with one attached hydrogen (secondary N) is 2. The molecule has 22 heavy (non-hydrogen) atoms. The van der Waals surface area contributed by atoms with Crippen molar-refractivity contribution in [3.63, 3.8) is 0 Å². The van der Waals surface area contributed by atoms with Crippen molar-refractivity contribution in [2.45, 2.75) is 25.3 Å². The Bertz CT molecular complexity index is 693. The van der Waals surface area contributed by atoms with Gasteiger partial charge in [-0.25, -0.2) is 9.78 Å². The van der Waals surface area contributed by atoms with Crippen LogP contribution < -0.4 is 16.4 Å². The summed E-state index contributed by atoms with van der Waals surface area (Å²) in [5, 5.41) is 5.60. The van der Waals surface area contributed by atoms with Crippen LogP contribution in [0.25, 0.3) is 0 Å². The number of hydrogen-bond acceptors (Lipinski definition) is 4. The van der Waals surface area contributed by atoms with Gasteiger partial charge in [0.2, 0.25) is 0 Å². The maximum Gasteiger partial charge on any atom is 0.319 e. The zero-order valence-corrected chi connectivity index (χ0v) is 11.8. The number of urea groups is 1. The van der Waals surface area contributed by atoms with E-state index >= 15 is 0 Å². The van der Waals surface area contributed by atoms with E-state index in [1.165, 1.54) is 12.3 Å². The van der Waals surface area contributed by atoms with E-state index in [-0.39, 0.29) is 17.8 Å². The van der Waals surface area contributed by atoms with Crippen molar-refractivity contribution >= 4 is 17.6 Å². The molecule has 1 aliphatic carbocycles. The zero-order chi connectivity index (χ0) is 15.5. The van der Waals surface area contributed by atoms with Gasteiger partial charge in [0, 0.05) is 12.0 Å². The lowest BCUT2D eigenvalue weighted by Gasteiger charge is -2.22. The van der Waals surface area contributed by atoms with Crippen molar-refractivity contribution in [3.8, 4) is 0 Å². The van der Waals surface area contributed by atoms with Gasteiger partial charge in [0.25, 0.3) is 5.91 Å². The van der Waals surface area contributed by atoms with Crippen LogP contribution in [0.4, 0.5) is 10.5 Å². The van der Waals surface area contributed by atoms with E-state index < -0.39 is 5.91 Å². The third-order valence-corrected chi connectivity index (χ3v) is 3.63.